The maximum absolute atomic E-state index is 10.5. The fourth-order valence-electron chi connectivity index (χ4n) is 0.759. The Hall–Kier alpha value is -2.29. The Morgan fingerprint density at radius 1 is 1.50 bits per heavy atom. The number of hydrogen-bond donors (Lipinski definition) is 3. The molecule has 72 valence electrons. The van der Waals surface area contributed by atoms with Crippen LogP contribution in [0.1, 0.15) is 22.5 Å². The first-order valence-corrected chi connectivity index (χ1v) is 3.58. The van der Waals surface area contributed by atoms with Crippen molar-refractivity contribution in [2.45, 2.75) is 6.42 Å². The largest absolute Gasteiger partial charge is 0.481 e. The number of aromatic amines is 1. The predicted octanol–water partition coefficient (Wildman–Crippen LogP) is -0.0659. The molecule has 0 saturated carbocycles. The van der Waals surface area contributed by atoms with Crippen molar-refractivity contribution in [3.63, 3.8) is 0 Å². The number of hydrogen-bond acceptors (Lipinski definition) is 3. The number of aromatic carboxylic acids is 1. The van der Waals surface area contributed by atoms with Crippen molar-refractivity contribution in [1.29, 1.82) is 0 Å². The molecule has 1 heterocycles. The lowest BCUT2D eigenvalue weighted by atomic mass is 10.2. The zero-order valence-corrected chi connectivity index (χ0v) is 6.94. The summed E-state index contributed by atoms with van der Waals surface area (Å²) in [5.74, 6) is 2.47. The molecule has 14 heavy (non-hydrogen) atoms. The van der Waals surface area contributed by atoms with E-state index < -0.39 is 11.9 Å². The minimum absolute atomic E-state index is 0.136. The molecule has 1 rings (SSSR count). The van der Waals surface area contributed by atoms with Gasteiger partial charge in [0.05, 0.1) is 11.8 Å². The molecule has 0 unspecified atom stereocenters. The molecule has 0 bridgehead atoms. The van der Waals surface area contributed by atoms with E-state index in [1.54, 1.807) is 0 Å². The minimum Gasteiger partial charge on any atom is -0.481 e. The first kappa shape index (κ1) is 9.80. The third-order valence-corrected chi connectivity index (χ3v) is 1.32. The quantitative estimate of drug-likeness (QED) is 0.572. The number of carboxylic acid groups (broad SMARTS) is 2. The van der Waals surface area contributed by atoms with Crippen LogP contribution in [0.3, 0.4) is 0 Å². The van der Waals surface area contributed by atoms with Gasteiger partial charge in [-0.1, -0.05) is 11.8 Å². The van der Waals surface area contributed by atoms with Crippen molar-refractivity contribution in [3.8, 4) is 11.8 Å². The Bertz CT molecular complexity index is 424. The van der Waals surface area contributed by atoms with E-state index in [2.05, 4.69) is 22.0 Å². The molecule has 0 fully saturated rings. The van der Waals surface area contributed by atoms with Gasteiger partial charge in [-0.25, -0.2) is 4.79 Å². The minimum atomic E-state index is -1.18. The number of carbonyl (C=O) groups is 2. The third kappa shape index (κ3) is 2.35. The Kier molecular flexibility index (Phi) is 2.86. The van der Waals surface area contributed by atoms with E-state index in [1.807, 2.05) is 0 Å². The van der Waals surface area contributed by atoms with Gasteiger partial charge in [0, 0.05) is 0 Å². The van der Waals surface area contributed by atoms with Gasteiger partial charge < -0.3 is 10.2 Å². The Morgan fingerprint density at radius 2 is 2.21 bits per heavy atom. The van der Waals surface area contributed by atoms with E-state index in [4.69, 9.17) is 10.2 Å². The van der Waals surface area contributed by atoms with Gasteiger partial charge in [0.15, 0.2) is 5.69 Å². The van der Waals surface area contributed by atoms with Gasteiger partial charge in [-0.05, 0) is 0 Å². The lowest BCUT2D eigenvalue weighted by Gasteiger charge is -1.86. The van der Waals surface area contributed by atoms with Crippen molar-refractivity contribution < 1.29 is 19.8 Å². The standard InChI is InChI=1S/C8H6N2O4/c11-6(12)3-1-2-5-4-9-10-7(5)8(13)14/h4H,3H2,(H,9,10)(H,11,12)(H,13,14). The maximum Gasteiger partial charge on any atom is 0.355 e. The summed E-state index contributed by atoms with van der Waals surface area (Å²) in [6.07, 6.45) is 0.905. The number of rotatable bonds is 2. The number of H-pyrrole nitrogens is 1. The molecule has 6 nitrogen and oxygen atoms in total. The summed E-state index contributed by atoms with van der Waals surface area (Å²) >= 11 is 0. The molecule has 0 radical (unpaired) electrons. The molecule has 0 spiro atoms. The van der Waals surface area contributed by atoms with Crippen LogP contribution in [-0.4, -0.2) is 32.3 Å². The molecular formula is C8H6N2O4. The van der Waals surface area contributed by atoms with Gasteiger partial charge in [-0.15, -0.1) is 0 Å². The molecule has 1 aromatic heterocycles. The Balaban J connectivity index is 2.84. The normalized spacial score (nSPS) is 8.86. The van der Waals surface area contributed by atoms with Crippen LogP contribution in [0.5, 0.6) is 0 Å². The molecule has 6 heteroatoms. The monoisotopic (exact) mass is 194 g/mol. The second-order valence-corrected chi connectivity index (χ2v) is 2.34. The smallest absolute Gasteiger partial charge is 0.355 e. The Morgan fingerprint density at radius 3 is 2.79 bits per heavy atom. The summed E-state index contributed by atoms with van der Waals surface area (Å²) in [5, 5.41) is 22.6. The molecule has 0 aliphatic carbocycles. The molecule has 0 atom stereocenters. The highest BCUT2D eigenvalue weighted by Crippen LogP contribution is 2.01. The first-order chi connectivity index (χ1) is 6.61. The van der Waals surface area contributed by atoms with Gasteiger partial charge in [-0.2, -0.15) is 5.10 Å². The van der Waals surface area contributed by atoms with Crippen LogP contribution in [0.15, 0.2) is 6.20 Å². The molecule has 1 aromatic rings. The number of carboxylic acids is 2. The fourth-order valence-corrected chi connectivity index (χ4v) is 0.759. The van der Waals surface area contributed by atoms with Crippen molar-refractivity contribution in [1.82, 2.24) is 10.2 Å². The predicted molar refractivity (Wildman–Crippen MR) is 44.7 cm³/mol. The molecular weight excluding hydrogens is 188 g/mol. The second kappa shape index (κ2) is 4.09. The van der Waals surface area contributed by atoms with E-state index in [-0.39, 0.29) is 17.7 Å². The van der Waals surface area contributed by atoms with Crippen LogP contribution >= 0.6 is 0 Å². The van der Waals surface area contributed by atoms with Gasteiger partial charge in [0.2, 0.25) is 0 Å². The molecule has 0 saturated heterocycles. The second-order valence-electron chi connectivity index (χ2n) is 2.34. The van der Waals surface area contributed by atoms with Crippen LogP contribution in [-0.2, 0) is 4.79 Å². The summed E-state index contributed by atoms with van der Waals surface area (Å²) in [5.41, 5.74) is 0.0432. The van der Waals surface area contributed by atoms with Crippen molar-refractivity contribution >= 4 is 11.9 Å². The highest BCUT2D eigenvalue weighted by atomic mass is 16.4. The van der Waals surface area contributed by atoms with Crippen LogP contribution < -0.4 is 0 Å². The first-order valence-electron chi connectivity index (χ1n) is 3.58. The van der Waals surface area contributed by atoms with Gasteiger partial charge >= 0.3 is 11.9 Å². The van der Waals surface area contributed by atoms with Crippen molar-refractivity contribution in [2.24, 2.45) is 0 Å². The molecule has 0 amide bonds. The van der Waals surface area contributed by atoms with Crippen LogP contribution in [0.4, 0.5) is 0 Å². The van der Waals surface area contributed by atoms with E-state index in [0.717, 1.165) is 0 Å². The summed E-state index contributed by atoms with van der Waals surface area (Å²) in [7, 11) is 0. The average molecular weight is 194 g/mol. The topological polar surface area (TPSA) is 103 Å². The fraction of sp³-hybridized carbons (Fsp3) is 0.125. The number of nitrogens with one attached hydrogen (secondary N) is 1. The van der Waals surface area contributed by atoms with Crippen molar-refractivity contribution in [2.75, 3.05) is 0 Å². The van der Waals surface area contributed by atoms with E-state index >= 15 is 0 Å². The molecule has 0 aliphatic rings. The van der Waals surface area contributed by atoms with E-state index in [0.29, 0.717) is 0 Å². The zero-order valence-electron chi connectivity index (χ0n) is 6.94. The SMILES string of the molecule is O=C(O)CC#Cc1cn[nH]c1C(=O)O. The highest BCUT2D eigenvalue weighted by molar-refractivity contribution is 5.88. The summed E-state index contributed by atoms with van der Waals surface area (Å²) < 4.78 is 0. The lowest BCUT2D eigenvalue weighted by Crippen LogP contribution is -1.99. The summed E-state index contributed by atoms with van der Waals surface area (Å²) in [6, 6.07) is 0. The molecule has 3 N–H and O–H groups in total. The third-order valence-electron chi connectivity index (χ3n) is 1.32. The van der Waals surface area contributed by atoms with Gasteiger partial charge in [0.25, 0.3) is 0 Å². The average Bonchev–Trinajstić information content (AvgIpc) is 2.51. The molecule has 0 aromatic carbocycles. The summed E-state index contributed by atoms with van der Waals surface area (Å²) in [6.45, 7) is 0. The number of aromatic nitrogens is 2. The lowest BCUT2D eigenvalue weighted by molar-refractivity contribution is -0.135. The maximum atomic E-state index is 10.5. The highest BCUT2D eigenvalue weighted by Gasteiger charge is 2.09. The van der Waals surface area contributed by atoms with Gasteiger partial charge in [-0.3, -0.25) is 9.89 Å². The van der Waals surface area contributed by atoms with Crippen molar-refractivity contribution in [3.05, 3.63) is 17.5 Å². The van der Waals surface area contributed by atoms with E-state index in [9.17, 15) is 9.59 Å². The van der Waals surface area contributed by atoms with Crippen LogP contribution in [0.2, 0.25) is 0 Å². The summed E-state index contributed by atoms with van der Waals surface area (Å²) in [4.78, 5) is 20.6. The zero-order chi connectivity index (χ0) is 10.6. The van der Waals surface area contributed by atoms with Crippen LogP contribution in [0, 0.1) is 11.8 Å². The molecule has 0 aliphatic heterocycles. The Labute approximate surface area is 78.6 Å². The van der Waals surface area contributed by atoms with E-state index in [1.165, 1.54) is 6.20 Å². The van der Waals surface area contributed by atoms with Crippen LogP contribution in [0.25, 0.3) is 0 Å². The van der Waals surface area contributed by atoms with Gasteiger partial charge in [0.1, 0.15) is 6.42 Å². The number of aliphatic carboxylic acids is 1. The number of nitrogens with zero attached hydrogens (tertiary/aromatic N) is 1.